The van der Waals surface area contributed by atoms with Gasteiger partial charge in [-0.3, -0.25) is 9.59 Å². The van der Waals surface area contributed by atoms with Gasteiger partial charge in [-0.2, -0.15) is 0 Å². The molecule has 1 saturated heterocycles. The molecule has 2 aromatic carbocycles. The summed E-state index contributed by atoms with van der Waals surface area (Å²) in [6.07, 6.45) is -1.87. The Labute approximate surface area is 252 Å². The van der Waals surface area contributed by atoms with E-state index >= 15 is 0 Å². The predicted molar refractivity (Wildman–Crippen MR) is 165 cm³/mol. The van der Waals surface area contributed by atoms with Crippen LogP contribution in [0.5, 0.6) is 0 Å². The maximum atomic E-state index is 14.4. The lowest BCUT2D eigenvalue weighted by atomic mass is 9.91. The maximum absolute atomic E-state index is 14.4. The summed E-state index contributed by atoms with van der Waals surface area (Å²) in [7, 11) is -2.42. The largest absolute Gasteiger partial charge is 0.460 e. The van der Waals surface area contributed by atoms with Crippen LogP contribution in [0, 0.1) is 0 Å². The molecule has 232 valence electrons. The molecule has 0 saturated carbocycles. The van der Waals surface area contributed by atoms with E-state index in [0.29, 0.717) is 12.9 Å². The molecule has 0 bridgehead atoms. The van der Waals surface area contributed by atoms with E-state index in [1.807, 2.05) is 74.5 Å². The second-order valence-electron chi connectivity index (χ2n) is 13.5. The van der Waals surface area contributed by atoms with Gasteiger partial charge in [0.25, 0.3) is 12.4 Å². The van der Waals surface area contributed by atoms with Crippen molar-refractivity contribution < 1.29 is 33.0 Å². The van der Waals surface area contributed by atoms with Gasteiger partial charge in [-0.05, 0) is 63.4 Å². The molecule has 0 unspecified atom stereocenters. The third-order valence-corrected chi connectivity index (χ3v) is 12.7. The summed E-state index contributed by atoms with van der Waals surface area (Å²) in [5.41, 5.74) is 0.924. The van der Waals surface area contributed by atoms with Crippen molar-refractivity contribution in [3.8, 4) is 0 Å². The number of hydrogen-bond acceptors (Lipinski definition) is 7. The lowest BCUT2D eigenvalue weighted by Crippen LogP contribution is -2.60. The minimum Gasteiger partial charge on any atom is -0.460 e. The Bertz CT molecular complexity index is 1150. The van der Waals surface area contributed by atoms with Gasteiger partial charge in [-0.1, -0.05) is 81.4 Å². The minimum absolute atomic E-state index is 0.129. The highest BCUT2D eigenvalue weighted by molar-refractivity contribution is 6.74. The van der Waals surface area contributed by atoms with E-state index in [4.69, 9.17) is 23.4 Å². The van der Waals surface area contributed by atoms with E-state index < -0.39 is 44.1 Å². The van der Waals surface area contributed by atoms with Gasteiger partial charge in [-0.25, -0.2) is 0 Å². The molecule has 1 aliphatic heterocycles. The normalized spacial score (nSPS) is 19.5. The lowest BCUT2D eigenvalue weighted by Gasteiger charge is -2.43. The van der Waals surface area contributed by atoms with E-state index in [1.165, 1.54) is 0 Å². The van der Waals surface area contributed by atoms with E-state index in [0.717, 1.165) is 11.1 Å². The van der Waals surface area contributed by atoms with Crippen LogP contribution >= 0.6 is 0 Å². The number of hydrogen-bond donors (Lipinski definition) is 1. The molecule has 1 N–H and O–H groups in total. The van der Waals surface area contributed by atoms with Crippen LogP contribution in [-0.2, 0) is 46.0 Å². The highest BCUT2D eigenvalue weighted by Crippen LogP contribution is 2.40. The molecule has 0 radical (unpaired) electrons. The first-order valence-electron chi connectivity index (χ1n) is 14.7. The Morgan fingerprint density at radius 2 is 1.60 bits per heavy atom. The molecule has 0 aromatic heterocycles. The molecule has 3 rings (SSSR count). The van der Waals surface area contributed by atoms with Crippen molar-refractivity contribution in [1.82, 2.24) is 5.32 Å². The molecule has 1 aliphatic rings. The molecule has 0 aliphatic carbocycles. The summed E-state index contributed by atoms with van der Waals surface area (Å²) in [5, 5.41) is 3.04. The van der Waals surface area contributed by atoms with Crippen molar-refractivity contribution >= 4 is 20.7 Å². The molecule has 9 heteroatoms. The molecular weight excluding hydrogens is 550 g/mol. The van der Waals surface area contributed by atoms with Gasteiger partial charge in [0, 0.05) is 0 Å². The first-order valence-corrected chi connectivity index (χ1v) is 17.6. The summed E-state index contributed by atoms with van der Waals surface area (Å²) < 4.78 is 31.1. The van der Waals surface area contributed by atoms with Crippen LogP contribution in [0.15, 0.2) is 60.7 Å². The van der Waals surface area contributed by atoms with Crippen LogP contribution in [0.3, 0.4) is 0 Å². The zero-order valence-electron chi connectivity index (χ0n) is 26.6. The third-order valence-electron chi connectivity index (χ3n) is 8.25. The van der Waals surface area contributed by atoms with Crippen LogP contribution in [-0.4, -0.2) is 63.0 Å². The second kappa shape index (κ2) is 13.8. The molecule has 2 aromatic rings. The summed E-state index contributed by atoms with van der Waals surface area (Å²) in [6.45, 7) is 18.9. The van der Waals surface area contributed by atoms with E-state index in [-0.39, 0.29) is 24.2 Å². The van der Waals surface area contributed by atoms with Crippen molar-refractivity contribution in [1.29, 1.82) is 0 Å². The Balaban J connectivity index is 2.01. The first kappa shape index (κ1) is 33.9. The van der Waals surface area contributed by atoms with Gasteiger partial charge in [0.15, 0.2) is 20.2 Å². The van der Waals surface area contributed by atoms with E-state index in [9.17, 15) is 9.59 Å². The average Bonchev–Trinajstić information content (AvgIpc) is 3.27. The predicted octanol–water partition coefficient (Wildman–Crippen LogP) is 5.79. The van der Waals surface area contributed by atoms with Gasteiger partial charge in [-0.15, -0.1) is 0 Å². The molecule has 4 atom stereocenters. The monoisotopic (exact) mass is 599 g/mol. The van der Waals surface area contributed by atoms with Gasteiger partial charge >= 0.3 is 0 Å². The Kier molecular flexibility index (Phi) is 11.2. The fourth-order valence-corrected chi connectivity index (χ4v) is 5.90. The highest BCUT2D eigenvalue weighted by Gasteiger charge is 2.49. The molecule has 0 spiro atoms. The van der Waals surface area contributed by atoms with Crippen LogP contribution < -0.4 is 5.32 Å². The smallest absolute Gasteiger partial charge is 0.293 e. The zero-order valence-corrected chi connectivity index (χ0v) is 27.6. The number of carbonyl (C=O) groups is 2. The molecule has 8 nitrogen and oxygen atoms in total. The van der Waals surface area contributed by atoms with Crippen LogP contribution in [0.4, 0.5) is 0 Å². The Morgan fingerprint density at radius 1 is 1.02 bits per heavy atom. The fourth-order valence-electron chi connectivity index (χ4n) is 4.59. The Hall–Kier alpha value is -2.56. The zero-order chi connectivity index (χ0) is 31.2. The molecule has 42 heavy (non-hydrogen) atoms. The molecular formula is C33H49NO7Si. The van der Waals surface area contributed by atoms with Gasteiger partial charge < -0.3 is 28.7 Å². The summed E-state index contributed by atoms with van der Waals surface area (Å²) in [6, 6.07) is 18.9. The van der Waals surface area contributed by atoms with Gasteiger partial charge in [0.1, 0.15) is 17.8 Å². The van der Waals surface area contributed by atoms with Crippen LogP contribution in [0.2, 0.25) is 18.1 Å². The molecule has 1 heterocycles. The number of benzene rings is 2. The number of amides is 1. The third kappa shape index (κ3) is 9.22. The average molecular weight is 600 g/mol. The van der Waals surface area contributed by atoms with Crippen molar-refractivity contribution in [3.63, 3.8) is 0 Å². The lowest BCUT2D eigenvalue weighted by molar-refractivity contribution is -0.171. The maximum Gasteiger partial charge on any atom is 0.293 e. The SMILES string of the molecule is CC1(C)OC[C@H]([C@@H](O[Si](C)(C)C(C)(C)C)[C@H](OCc2ccccc2)C(=O)N[C@@H](Cc2ccccc2)C(C)(C)OC=O)O1. The Morgan fingerprint density at radius 3 is 2.10 bits per heavy atom. The summed E-state index contributed by atoms with van der Waals surface area (Å²) in [5.74, 6) is -1.19. The quantitative estimate of drug-likeness (QED) is 0.217. The van der Waals surface area contributed by atoms with Crippen molar-refractivity contribution in [2.24, 2.45) is 0 Å². The minimum atomic E-state index is -2.42. The van der Waals surface area contributed by atoms with Crippen LogP contribution in [0.1, 0.15) is 59.6 Å². The van der Waals surface area contributed by atoms with Crippen molar-refractivity contribution in [3.05, 3.63) is 71.8 Å². The number of rotatable bonds is 14. The number of carbonyl (C=O) groups excluding carboxylic acids is 2. The van der Waals surface area contributed by atoms with Crippen LogP contribution in [0.25, 0.3) is 0 Å². The topological polar surface area (TPSA) is 92.3 Å². The van der Waals surface area contributed by atoms with Gasteiger partial charge in [0.2, 0.25) is 0 Å². The van der Waals surface area contributed by atoms with E-state index in [2.05, 4.69) is 39.2 Å². The first-order chi connectivity index (χ1) is 19.5. The van der Waals surface area contributed by atoms with Crippen molar-refractivity contribution in [2.75, 3.05) is 6.61 Å². The highest BCUT2D eigenvalue weighted by atomic mass is 28.4. The van der Waals surface area contributed by atoms with E-state index in [1.54, 1.807) is 13.8 Å². The van der Waals surface area contributed by atoms with Crippen molar-refractivity contribution in [2.45, 2.75) is 115 Å². The number of ether oxygens (including phenoxy) is 4. The second-order valence-corrected chi connectivity index (χ2v) is 18.3. The standard InChI is InChI=1S/C33H49NO7Si/c1-31(2,3)42(8,9)41-28(26-22-38-33(6,7)40-26)29(37-21-25-18-14-11-15-19-25)30(36)34-27(32(4,5)39-23-35)20-24-16-12-10-13-17-24/h10-19,23,26-29H,20-22H2,1-9H3,(H,34,36)/t26-,27+,28-,29+/m1/s1. The summed E-state index contributed by atoms with van der Waals surface area (Å²) >= 11 is 0. The number of nitrogens with one attached hydrogen (secondary N) is 1. The fraction of sp³-hybridized carbons (Fsp3) is 0.576. The summed E-state index contributed by atoms with van der Waals surface area (Å²) in [4.78, 5) is 25.8. The van der Waals surface area contributed by atoms with Gasteiger partial charge in [0.05, 0.1) is 19.3 Å². The molecule has 1 fully saturated rings. The molecule has 1 amide bonds.